The van der Waals surface area contributed by atoms with Crippen molar-refractivity contribution in [3.8, 4) is 0 Å². The van der Waals surface area contributed by atoms with Crippen molar-refractivity contribution in [2.24, 2.45) is 0 Å². The van der Waals surface area contributed by atoms with Gasteiger partial charge in [-0.05, 0) is 39.5 Å². The maximum atomic E-state index is 12.1. The number of rotatable bonds is 9. The van der Waals surface area contributed by atoms with E-state index in [0.717, 1.165) is 0 Å². The lowest BCUT2D eigenvalue weighted by molar-refractivity contribution is -0.130. The van der Waals surface area contributed by atoms with Crippen LogP contribution in [0, 0.1) is 0 Å². The van der Waals surface area contributed by atoms with Gasteiger partial charge in [-0.25, -0.2) is 20.0 Å². The van der Waals surface area contributed by atoms with Gasteiger partial charge in [0.15, 0.2) is 0 Å². The number of hydroxylamine groups is 4. The van der Waals surface area contributed by atoms with Crippen LogP contribution in [0.4, 0.5) is 9.59 Å². The summed E-state index contributed by atoms with van der Waals surface area (Å²) < 4.78 is 68.8. The molecular formula is C19H34N8O12S2. The Labute approximate surface area is 236 Å². The monoisotopic (exact) mass is 630 g/mol. The van der Waals surface area contributed by atoms with E-state index < -0.39 is 57.0 Å². The molecule has 4 atom stereocenters. The van der Waals surface area contributed by atoms with Gasteiger partial charge >= 0.3 is 32.9 Å². The summed E-state index contributed by atoms with van der Waals surface area (Å²) in [4.78, 5) is 50.6. The number of amides is 6. The molecule has 0 aromatic carbocycles. The molecule has 4 aliphatic heterocycles. The highest BCUT2D eigenvalue weighted by atomic mass is 32.3. The van der Waals surface area contributed by atoms with Gasteiger partial charge in [-0.15, -0.1) is 8.57 Å². The predicted octanol–water partition coefficient (Wildman–Crippen LogP) is -2.40. The normalized spacial score (nSPS) is 26.0. The van der Waals surface area contributed by atoms with E-state index in [-0.39, 0.29) is 30.9 Å². The number of piperidine rings is 2. The first kappa shape index (κ1) is 32.7. The zero-order valence-corrected chi connectivity index (χ0v) is 24.3. The molecule has 0 radical (unpaired) electrons. The van der Waals surface area contributed by atoms with E-state index >= 15 is 0 Å². The third-order valence-corrected chi connectivity index (χ3v) is 7.12. The van der Waals surface area contributed by atoms with Crippen LogP contribution in [0.3, 0.4) is 0 Å². The number of hydrogen-bond acceptors (Lipinski definition) is 12. The Morgan fingerprint density at radius 3 is 1.61 bits per heavy atom. The number of urea groups is 2. The van der Waals surface area contributed by atoms with E-state index in [1.807, 2.05) is 13.8 Å². The highest BCUT2D eigenvalue weighted by Gasteiger charge is 2.50. The Morgan fingerprint density at radius 2 is 1.24 bits per heavy atom. The summed E-state index contributed by atoms with van der Waals surface area (Å²) in [6, 6.07) is -3.83. The van der Waals surface area contributed by atoms with Gasteiger partial charge in [-0.2, -0.15) is 27.0 Å². The van der Waals surface area contributed by atoms with Crippen LogP contribution in [-0.2, 0) is 39.0 Å². The standard InChI is InChI=1S/C10H18N4O6S.C9H16N4O6S/c1-6(2)11-12-9(15)8-4-3-7-5-13(8)10(16)14(7)20-21(17,18)19;1-11(2)10-8(14)7-4-3-6-5-12(7)9(15)13(6)19-20(16,17)18/h6-8,11H,3-5H2,1-2H3,(H,12,15)(H,17,18,19);6-7H,3-5H2,1-2H3,(H,10,14)(H,16,17,18)/t7-,8+;6-,7+/m11/s1. The molecule has 4 fully saturated rings. The number of carbonyl (C=O) groups is 4. The van der Waals surface area contributed by atoms with Crippen molar-refractivity contribution in [3.63, 3.8) is 0 Å². The van der Waals surface area contributed by atoms with Crippen molar-refractivity contribution in [1.82, 2.24) is 41.2 Å². The van der Waals surface area contributed by atoms with Crippen LogP contribution in [0.1, 0.15) is 39.5 Å². The maximum Gasteiger partial charge on any atom is 0.418 e. The summed E-state index contributed by atoms with van der Waals surface area (Å²) in [6.45, 7) is 4.05. The second-order valence-corrected chi connectivity index (χ2v) is 12.2. The molecule has 0 unspecified atom stereocenters. The Balaban J connectivity index is 0.000000226. The van der Waals surface area contributed by atoms with E-state index in [1.54, 1.807) is 14.1 Å². The van der Waals surface area contributed by atoms with E-state index in [4.69, 9.17) is 9.11 Å². The van der Waals surface area contributed by atoms with Gasteiger partial charge in [-0.1, -0.05) is 0 Å². The zero-order chi connectivity index (χ0) is 30.9. The summed E-state index contributed by atoms with van der Waals surface area (Å²) in [6.07, 6.45) is 1.58. The van der Waals surface area contributed by atoms with Crippen molar-refractivity contribution < 1.29 is 53.7 Å². The van der Waals surface area contributed by atoms with E-state index in [0.29, 0.717) is 35.8 Å². The summed E-state index contributed by atoms with van der Waals surface area (Å²) in [5.41, 5.74) is 7.81. The van der Waals surface area contributed by atoms with E-state index in [2.05, 4.69) is 24.8 Å². The Hall–Kier alpha value is -2.86. The Morgan fingerprint density at radius 1 is 0.829 bits per heavy atom. The van der Waals surface area contributed by atoms with Crippen molar-refractivity contribution in [1.29, 1.82) is 0 Å². The van der Waals surface area contributed by atoms with Crippen LogP contribution in [0.25, 0.3) is 0 Å². The Bertz CT molecular complexity index is 1250. The molecule has 0 aliphatic carbocycles. The number of nitrogens with one attached hydrogen (secondary N) is 3. The summed E-state index contributed by atoms with van der Waals surface area (Å²) >= 11 is 0. The quantitative estimate of drug-likeness (QED) is 0.132. The molecule has 5 N–H and O–H groups in total. The van der Waals surface area contributed by atoms with Crippen LogP contribution in [0.15, 0.2) is 0 Å². The molecule has 0 aromatic rings. The predicted molar refractivity (Wildman–Crippen MR) is 135 cm³/mol. The fraction of sp³-hybridized carbons (Fsp3) is 0.789. The first-order valence-corrected chi connectivity index (χ1v) is 15.2. The summed E-state index contributed by atoms with van der Waals surface area (Å²) in [5, 5.41) is 2.68. The van der Waals surface area contributed by atoms with Crippen molar-refractivity contribution in [2.75, 3.05) is 27.2 Å². The van der Waals surface area contributed by atoms with Gasteiger partial charge in [0.1, 0.15) is 12.1 Å². The molecule has 4 heterocycles. The first-order valence-electron chi connectivity index (χ1n) is 12.4. The molecule has 4 saturated heterocycles. The summed E-state index contributed by atoms with van der Waals surface area (Å²) in [7, 11) is -6.26. The van der Waals surface area contributed by atoms with Crippen molar-refractivity contribution in [3.05, 3.63) is 0 Å². The van der Waals surface area contributed by atoms with Crippen LogP contribution in [-0.4, -0.2) is 132 Å². The smallest absolute Gasteiger partial charge is 0.309 e. The fourth-order valence-electron chi connectivity index (χ4n) is 4.80. The topological polar surface area (TPSA) is 248 Å². The molecule has 20 nitrogen and oxygen atoms in total. The molecule has 0 aromatic heterocycles. The molecule has 4 bridgehead atoms. The van der Waals surface area contributed by atoms with Gasteiger partial charge in [0, 0.05) is 33.2 Å². The van der Waals surface area contributed by atoms with E-state index in [9.17, 15) is 36.0 Å². The summed E-state index contributed by atoms with van der Waals surface area (Å²) in [5.74, 6) is -0.722. The molecule has 6 amide bonds. The minimum absolute atomic E-state index is 0.0407. The van der Waals surface area contributed by atoms with Gasteiger partial charge in [-0.3, -0.25) is 29.5 Å². The highest BCUT2D eigenvalue weighted by molar-refractivity contribution is 7.81. The van der Waals surface area contributed by atoms with Crippen LogP contribution < -0.4 is 16.3 Å². The maximum absolute atomic E-state index is 12.1. The Kier molecular flexibility index (Phi) is 10.0. The molecular weight excluding hydrogens is 596 g/mol. The van der Waals surface area contributed by atoms with Crippen LogP contribution in [0.5, 0.6) is 0 Å². The minimum Gasteiger partial charge on any atom is -0.309 e. The number of carbonyl (C=O) groups excluding carboxylic acids is 4. The van der Waals surface area contributed by atoms with Crippen molar-refractivity contribution >= 4 is 44.7 Å². The van der Waals surface area contributed by atoms with Crippen LogP contribution in [0.2, 0.25) is 0 Å². The zero-order valence-electron chi connectivity index (χ0n) is 22.7. The third-order valence-electron chi connectivity index (χ3n) is 6.42. The number of fused-ring (bicyclic) bond motifs is 4. The molecule has 4 rings (SSSR count). The fourth-order valence-corrected chi connectivity index (χ4v) is 5.58. The third kappa shape index (κ3) is 8.34. The second kappa shape index (κ2) is 12.6. The molecule has 0 spiro atoms. The lowest BCUT2D eigenvalue weighted by Gasteiger charge is -2.30. The molecule has 41 heavy (non-hydrogen) atoms. The van der Waals surface area contributed by atoms with Crippen LogP contribution >= 0.6 is 0 Å². The van der Waals surface area contributed by atoms with Gasteiger partial charge < -0.3 is 9.80 Å². The molecule has 0 saturated carbocycles. The lowest BCUT2D eigenvalue weighted by atomic mass is 10.0. The molecule has 22 heteroatoms. The first-order chi connectivity index (χ1) is 18.9. The lowest BCUT2D eigenvalue weighted by Crippen LogP contribution is -2.54. The van der Waals surface area contributed by atoms with Crippen molar-refractivity contribution in [2.45, 2.75) is 69.7 Å². The largest absolute Gasteiger partial charge is 0.418 e. The molecule has 4 aliphatic rings. The van der Waals surface area contributed by atoms with Gasteiger partial charge in [0.25, 0.3) is 11.8 Å². The minimum atomic E-state index is -4.77. The van der Waals surface area contributed by atoms with Gasteiger partial charge in [0.2, 0.25) is 0 Å². The SMILES string of the molecule is CC(C)NNC(=O)[C@@H]1CC[C@@H]2CN1C(=O)N2OS(=O)(=O)O.CN(C)NC(=O)[C@@H]1CC[C@@H]2CN1C(=O)N2OS(=O)(=O)O. The highest BCUT2D eigenvalue weighted by Crippen LogP contribution is 2.31. The number of nitrogens with zero attached hydrogens (tertiary/aromatic N) is 5. The number of hydrogen-bond donors (Lipinski definition) is 5. The second-order valence-electron chi connectivity index (χ2n) is 10.2. The molecule has 234 valence electrons. The average molecular weight is 631 g/mol. The average Bonchev–Trinajstić information content (AvgIpc) is 3.21. The number of hydrazine groups is 2. The van der Waals surface area contributed by atoms with Gasteiger partial charge in [0.05, 0.1) is 12.1 Å². The van der Waals surface area contributed by atoms with E-state index in [1.165, 1.54) is 14.8 Å².